The predicted octanol–water partition coefficient (Wildman–Crippen LogP) is 2.80. The number of carbonyl (C=O) groups excluding carboxylic acids is 2. The molecule has 1 N–H and O–H groups in total. The molecule has 3 rings (SSSR count). The highest BCUT2D eigenvalue weighted by atomic mass is 35.5. The highest BCUT2D eigenvalue weighted by Gasteiger charge is 2.19. The number of nitrogens with zero attached hydrogens (tertiary/aromatic N) is 2. The van der Waals surface area contributed by atoms with Crippen molar-refractivity contribution in [2.45, 2.75) is 25.4 Å². The number of hydrogen-bond donors (Lipinski definition) is 1. The third-order valence-electron chi connectivity index (χ3n) is 4.82. The van der Waals surface area contributed by atoms with Crippen LogP contribution in [0.2, 0.25) is 5.02 Å². The van der Waals surface area contributed by atoms with E-state index in [1.54, 1.807) is 40.4 Å². The Labute approximate surface area is 172 Å². The zero-order chi connectivity index (χ0) is 21.0. The minimum Gasteiger partial charge on any atom is -0.469 e. The molecule has 0 saturated carbocycles. The lowest BCUT2D eigenvalue weighted by atomic mass is 10.0. The average molecular weight is 416 g/mol. The molecular weight excluding hydrogens is 394 g/mol. The Hall–Kier alpha value is -3.06. The molecule has 7 nitrogen and oxygen atoms in total. The van der Waals surface area contributed by atoms with Crippen LogP contribution in [0, 0.1) is 0 Å². The van der Waals surface area contributed by atoms with E-state index in [9.17, 15) is 14.4 Å². The van der Waals surface area contributed by atoms with Crippen molar-refractivity contribution in [3.8, 4) is 0 Å². The smallest absolute Gasteiger partial charge is 0.328 e. The van der Waals surface area contributed by atoms with Gasteiger partial charge in [-0.3, -0.25) is 18.7 Å². The summed E-state index contributed by atoms with van der Waals surface area (Å²) in [5.74, 6) is -0.704. The van der Waals surface area contributed by atoms with Gasteiger partial charge in [-0.05, 0) is 29.8 Å². The van der Waals surface area contributed by atoms with Gasteiger partial charge in [0.15, 0.2) is 0 Å². The Morgan fingerprint density at radius 1 is 1.10 bits per heavy atom. The lowest BCUT2D eigenvalue weighted by molar-refractivity contribution is -0.141. The number of halogens is 1. The lowest BCUT2D eigenvalue weighted by Gasteiger charge is -2.18. The summed E-state index contributed by atoms with van der Waals surface area (Å²) in [6, 6.07) is 13.8. The van der Waals surface area contributed by atoms with Crippen molar-refractivity contribution in [2.75, 3.05) is 7.11 Å². The minimum absolute atomic E-state index is 0.00190. The summed E-state index contributed by atoms with van der Waals surface area (Å²) in [5, 5.41) is 3.42. The van der Waals surface area contributed by atoms with E-state index in [-0.39, 0.29) is 31.0 Å². The third-order valence-corrected chi connectivity index (χ3v) is 5.07. The van der Waals surface area contributed by atoms with Crippen LogP contribution in [0.15, 0.2) is 53.3 Å². The summed E-state index contributed by atoms with van der Waals surface area (Å²) in [6.07, 6.45) is 0.0945. The molecule has 0 aliphatic carbocycles. The zero-order valence-electron chi connectivity index (χ0n) is 16.2. The van der Waals surface area contributed by atoms with Crippen molar-refractivity contribution in [3.05, 3.63) is 69.6 Å². The van der Waals surface area contributed by atoms with E-state index in [4.69, 9.17) is 16.3 Å². The zero-order valence-corrected chi connectivity index (χ0v) is 17.0. The maximum atomic E-state index is 12.6. The van der Waals surface area contributed by atoms with Gasteiger partial charge < -0.3 is 10.1 Å². The van der Waals surface area contributed by atoms with Crippen molar-refractivity contribution in [1.29, 1.82) is 0 Å². The summed E-state index contributed by atoms with van der Waals surface area (Å²) in [6.45, 7) is 0.234. The van der Waals surface area contributed by atoms with Crippen LogP contribution in [-0.2, 0) is 27.9 Å². The number of hydrogen-bond acceptors (Lipinski definition) is 4. The van der Waals surface area contributed by atoms with Gasteiger partial charge in [-0.1, -0.05) is 35.9 Å². The van der Waals surface area contributed by atoms with E-state index >= 15 is 0 Å². The number of para-hydroxylation sites is 2. The fourth-order valence-electron chi connectivity index (χ4n) is 3.26. The lowest BCUT2D eigenvalue weighted by Crippen LogP contribution is -2.32. The maximum Gasteiger partial charge on any atom is 0.328 e. The number of esters is 1. The van der Waals surface area contributed by atoms with Gasteiger partial charge in [0.1, 0.15) is 0 Å². The van der Waals surface area contributed by atoms with Gasteiger partial charge in [-0.2, -0.15) is 0 Å². The van der Waals surface area contributed by atoms with Gasteiger partial charge in [-0.25, -0.2) is 4.79 Å². The van der Waals surface area contributed by atoms with Gasteiger partial charge >= 0.3 is 11.7 Å². The normalized spacial score (nSPS) is 12.0. The second-order valence-corrected chi connectivity index (χ2v) is 7.12. The van der Waals surface area contributed by atoms with Crippen LogP contribution in [0.4, 0.5) is 0 Å². The van der Waals surface area contributed by atoms with E-state index < -0.39 is 12.0 Å². The molecule has 1 atom stereocenters. The van der Waals surface area contributed by atoms with Crippen molar-refractivity contribution < 1.29 is 14.3 Å². The first kappa shape index (κ1) is 20.7. The van der Waals surface area contributed by atoms with Crippen molar-refractivity contribution in [3.63, 3.8) is 0 Å². The third kappa shape index (κ3) is 4.68. The Balaban J connectivity index is 1.74. The standard InChI is InChI=1S/C21H22ClN3O4/c1-24-17-5-3-4-6-18(17)25(21(24)28)12-11-19(26)23-16(13-20(27)29-2)14-7-9-15(22)10-8-14/h3-10,16H,11-13H2,1-2H3,(H,23,26)/t16-/m1/s1. The molecule has 1 amide bonds. The van der Waals surface area contributed by atoms with Gasteiger partial charge in [0.05, 0.1) is 30.6 Å². The Morgan fingerprint density at radius 3 is 2.41 bits per heavy atom. The molecule has 2 aromatic carbocycles. The first-order chi connectivity index (χ1) is 13.9. The van der Waals surface area contributed by atoms with Gasteiger partial charge in [0.2, 0.25) is 5.91 Å². The average Bonchev–Trinajstić information content (AvgIpc) is 2.97. The number of nitrogens with one attached hydrogen (secondary N) is 1. The van der Waals surface area contributed by atoms with Crippen LogP contribution in [0.1, 0.15) is 24.4 Å². The van der Waals surface area contributed by atoms with E-state index in [0.717, 1.165) is 16.6 Å². The molecule has 0 unspecified atom stereocenters. The minimum atomic E-state index is -0.545. The van der Waals surface area contributed by atoms with E-state index in [1.165, 1.54) is 7.11 Å². The summed E-state index contributed by atoms with van der Waals surface area (Å²) in [7, 11) is 3.00. The van der Waals surface area contributed by atoms with Crippen LogP contribution < -0.4 is 11.0 Å². The number of carbonyl (C=O) groups is 2. The van der Waals surface area contributed by atoms with Gasteiger partial charge in [-0.15, -0.1) is 0 Å². The first-order valence-corrected chi connectivity index (χ1v) is 9.54. The molecule has 1 heterocycles. The number of benzene rings is 2. The molecule has 0 fully saturated rings. The molecule has 0 spiro atoms. The van der Waals surface area contributed by atoms with Crippen molar-refractivity contribution in [2.24, 2.45) is 7.05 Å². The topological polar surface area (TPSA) is 82.3 Å². The monoisotopic (exact) mass is 415 g/mol. The SMILES string of the molecule is COC(=O)C[C@@H](NC(=O)CCn1c(=O)n(C)c2ccccc21)c1ccc(Cl)cc1. The second-order valence-electron chi connectivity index (χ2n) is 6.68. The van der Waals surface area contributed by atoms with Crippen LogP contribution in [0.5, 0.6) is 0 Å². The summed E-state index contributed by atoms with van der Waals surface area (Å²) in [5.41, 5.74) is 2.15. The molecule has 0 bridgehead atoms. The highest BCUT2D eigenvalue weighted by Crippen LogP contribution is 2.20. The van der Waals surface area contributed by atoms with Gasteiger partial charge in [0.25, 0.3) is 0 Å². The van der Waals surface area contributed by atoms with Crippen molar-refractivity contribution >= 4 is 34.5 Å². The van der Waals surface area contributed by atoms with Crippen LogP contribution in [-0.4, -0.2) is 28.1 Å². The quantitative estimate of drug-likeness (QED) is 0.601. The first-order valence-electron chi connectivity index (χ1n) is 9.16. The molecule has 29 heavy (non-hydrogen) atoms. The van der Waals surface area contributed by atoms with E-state index in [2.05, 4.69) is 5.32 Å². The van der Waals surface area contributed by atoms with Gasteiger partial charge in [0, 0.05) is 25.0 Å². The van der Waals surface area contributed by atoms with Crippen LogP contribution >= 0.6 is 11.6 Å². The summed E-state index contributed by atoms with van der Waals surface area (Å²) in [4.78, 5) is 36.8. The number of fused-ring (bicyclic) bond motifs is 1. The number of aromatic nitrogens is 2. The summed E-state index contributed by atoms with van der Waals surface area (Å²) < 4.78 is 7.87. The second kappa shape index (κ2) is 8.96. The fourth-order valence-corrected chi connectivity index (χ4v) is 3.38. The Morgan fingerprint density at radius 2 is 1.76 bits per heavy atom. The molecule has 3 aromatic rings. The largest absolute Gasteiger partial charge is 0.469 e. The Kier molecular flexibility index (Phi) is 6.39. The molecule has 8 heteroatoms. The predicted molar refractivity (Wildman–Crippen MR) is 111 cm³/mol. The molecule has 0 radical (unpaired) electrons. The molecule has 1 aromatic heterocycles. The highest BCUT2D eigenvalue weighted by molar-refractivity contribution is 6.30. The number of methoxy groups -OCH3 is 1. The Bertz CT molecular complexity index is 1090. The van der Waals surface area contributed by atoms with Crippen LogP contribution in [0.3, 0.4) is 0 Å². The number of amides is 1. The number of ether oxygens (including phenoxy) is 1. The molecule has 0 aliphatic rings. The number of rotatable bonds is 7. The molecule has 0 saturated heterocycles. The maximum absolute atomic E-state index is 12.6. The molecule has 152 valence electrons. The fraction of sp³-hybridized carbons (Fsp3) is 0.286. The van der Waals surface area contributed by atoms with E-state index in [0.29, 0.717) is 5.02 Å². The van der Waals surface area contributed by atoms with E-state index in [1.807, 2.05) is 24.3 Å². The number of imidazole rings is 1. The molecular formula is C21H22ClN3O4. The molecule has 0 aliphatic heterocycles. The van der Waals surface area contributed by atoms with Crippen molar-refractivity contribution in [1.82, 2.24) is 14.5 Å². The van der Waals surface area contributed by atoms with Crippen LogP contribution in [0.25, 0.3) is 11.0 Å². The summed E-state index contributed by atoms with van der Waals surface area (Å²) >= 11 is 5.92. The number of aryl methyl sites for hydroxylation is 2.